The van der Waals surface area contributed by atoms with Crippen LogP contribution in [0.5, 0.6) is 5.75 Å². The maximum Gasteiger partial charge on any atom is 0.338 e. The molecule has 0 N–H and O–H groups in total. The topological polar surface area (TPSA) is 78.7 Å². The van der Waals surface area contributed by atoms with E-state index in [9.17, 15) is 14.9 Å². The summed E-state index contributed by atoms with van der Waals surface area (Å²) >= 11 is 0. The van der Waals surface area contributed by atoms with Gasteiger partial charge >= 0.3 is 11.7 Å². The van der Waals surface area contributed by atoms with E-state index in [1.807, 2.05) is 0 Å². The van der Waals surface area contributed by atoms with Crippen molar-refractivity contribution in [2.45, 2.75) is 32.1 Å². The Morgan fingerprint density at radius 3 is 2.67 bits per heavy atom. The molecule has 0 heterocycles. The van der Waals surface area contributed by atoms with Crippen LogP contribution in [-0.2, 0) is 4.74 Å². The molecule has 0 radical (unpaired) electrons. The third kappa shape index (κ3) is 3.93. The van der Waals surface area contributed by atoms with Crippen molar-refractivity contribution < 1.29 is 19.2 Å². The zero-order chi connectivity index (χ0) is 15.2. The van der Waals surface area contributed by atoms with E-state index >= 15 is 0 Å². The maximum absolute atomic E-state index is 11.4. The van der Waals surface area contributed by atoms with Crippen LogP contribution in [0.25, 0.3) is 0 Å². The van der Waals surface area contributed by atoms with Crippen LogP contribution in [0.4, 0.5) is 5.69 Å². The van der Waals surface area contributed by atoms with E-state index in [0.717, 1.165) is 12.8 Å². The third-order valence-corrected chi connectivity index (χ3v) is 3.78. The molecule has 0 bridgehead atoms. The zero-order valence-corrected chi connectivity index (χ0v) is 12.0. The van der Waals surface area contributed by atoms with Crippen molar-refractivity contribution in [3.63, 3.8) is 0 Å². The Hall–Kier alpha value is -2.11. The van der Waals surface area contributed by atoms with Gasteiger partial charge in [-0.15, -0.1) is 0 Å². The Balaban J connectivity index is 2.10. The summed E-state index contributed by atoms with van der Waals surface area (Å²) in [6, 6.07) is 4.14. The quantitative estimate of drug-likeness (QED) is 0.472. The van der Waals surface area contributed by atoms with Gasteiger partial charge < -0.3 is 9.47 Å². The highest BCUT2D eigenvalue weighted by molar-refractivity contribution is 5.90. The summed E-state index contributed by atoms with van der Waals surface area (Å²) in [6.45, 7) is 0.485. The lowest BCUT2D eigenvalue weighted by Gasteiger charge is -2.21. The van der Waals surface area contributed by atoms with E-state index in [2.05, 4.69) is 4.74 Å². The Morgan fingerprint density at radius 1 is 1.33 bits per heavy atom. The predicted octanol–water partition coefficient (Wildman–Crippen LogP) is 3.34. The highest BCUT2D eigenvalue weighted by atomic mass is 16.6. The molecule has 21 heavy (non-hydrogen) atoms. The van der Waals surface area contributed by atoms with Gasteiger partial charge in [-0.05, 0) is 30.9 Å². The summed E-state index contributed by atoms with van der Waals surface area (Å²) in [5.74, 6) is 0.0637. The normalized spacial score (nSPS) is 15.5. The molecular formula is C15H19NO5. The number of rotatable bonds is 5. The molecule has 6 heteroatoms. The van der Waals surface area contributed by atoms with Gasteiger partial charge in [-0.25, -0.2) is 4.79 Å². The van der Waals surface area contributed by atoms with Gasteiger partial charge in [0.2, 0.25) is 0 Å². The minimum atomic E-state index is -0.600. The van der Waals surface area contributed by atoms with Crippen LogP contribution in [0.1, 0.15) is 42.5 Å². The number of hydrogen-bond acceptors (Lipinski definition) is 5. The standard InChI is InChI=1S/C15H19NO5/c1-20-15(17)12-7-8-14(13(9-12)16(18)19)21-10-11-5-3-2-4-6-11/h7-9,11H,2-6,10H2,1H3. The number of nitrogens with zero attached hydrogens (tertiary/aromatic N) is 1. The number of carbonyl (C=O) groups is 1. The Kier molecular flexibility index (Phi) is 5.14. The number of hydrogen-bond donors (Lipinski definition) is 0. The fraction of sp³-hybridized carbons (Fsp3) is 0.533. The average Bonchev–Trinajstić information content (AvgIpc) is 2.52. The summed E-state index contributed by atoms with van der Waals surface area (Å²) in [7, 11) is 1.24. The van der Waals surface area contributed by atoms with Crippen molar-refractivity contribution in [1.82, 2.24) is 0 Å². The third-order valence-electron chi connectivity index (χ3n) is 3.78. The Bertz CT molecular complexity index is 523. The molecule has 1 aromatic carbocycles. The van der Waals surface area contributed by atoms with Gasteiger partial charge in [0.1, 0.15) is 0 Å². The van der Waals surface area contributed by atoms with Crippen molar-refractivity contribution in [1.29, 1.82) is 0 Å². The van der Waals surface area contributed by atoms with E-state index in [4.69, 9.17) is 4.74 Å². The van der Waals surface area contributed by atoms with E-state index in [-0.39, 0.29) is 17.0 Å². The van der Waals surface area contributed by atoms with E-state index in [1.54, 1.807) is 0 Å². The van der Waals surface area contributed by atoms with E-state index < -0.39 is 10.9 Å². The van der Waals surface area contributed by atoms with Gasteiger partial charge in [0.05, 0.1) is 24.2 Å². The number of nitro groups is 1. The van der Waals surface area contributed by atoms with Crippen molar-refractivity contribution in [2.24, 2.45) is 5.92 Å². The van der Waals surface area contributed by atoms with Crippen LogP contribution >= 0.6 is 0 Å². The fourth-order valence-electron chi connectivity index (χ4n) is 2.59. The minimum Gasteiger partial charge on any atom is -0.487 e. The highest BCUT2D eigenvalue weighted by Gasteiger charge is 2.21. The molecule has 1 aliphatic rings. The molecule has 1 saturated carbocycles. The number of ether oxygens (including phenoxy) is 2. The molecule has 0 atom stereocenters. The van der Waals surface area contributed by atoms with Crippen LogP contribution in [0.15, 0.2) is 18.2 Å². The van der Waals surface area contributed by atoms with Crippen LogP contribution in [0.3, 0.4) is 0 Å². The number of carbonyl (C=O) groups excluding carboxylic acids is 1. The summed E-state index contributed by atoms with van der Waals surface area (Å²) in [4.78, 5) is 22.0. The van der Waals surface area contributed by atoms with Crippen molar-refractivity contribution in [3.05, 3.63) is 33.9 Å². The Morgan fingerprint density at radius 2 is 2.05 bits per heavy atom. The number of nitro benzene ring substituents is 1. The largest absolute Gasteiger partial charge is 0.487 e. The van der Waals surface area contributed by atoms with Crippen LogP contribution in [0, 0.1) is 16.0 Å². The number of esters is 1. The average molecular weight is 293 g/mol. The lowest BCUT2D eigenvalue weighted by atomic mass is 9.90. The second kappa shape index (κ2) is 7.06. The summed E-state index contributed by atoms with van der Waals surface area (Å²) in [5.41, 5.74) is -0.0528. The van der Waals surface area contributed by atoms with Crippen molar-refractivity contribution in [3.8, 4) is 5.75 Å². The van der Waals surface area contributed by atoms with Gasteiger partial charge in [-0.3, -0.25) is 10.1 Å². The van der Waals surface area contributed by atoms with E-state index in [0.29, 0.717) is 12.5 Å². The van der Waals surface area contributed by atoms with Crippen molar-refractivity contribution in [2.75, 3.05) is 13.7 Å². The molecule has 0 aromatic heterocycles. The predicted molar refractivity (Wildman–Crippen MR) is 76.5 cm³/mol. The highest BCUT2D eigenvalue weighted by Crippen LogP contribution is 2.30. The molecule has 0 saturated heterocycles. The smallest absolute Gasteiger partial charge is 0.338 e. The van der Waals surface area contributed by atoms with Gasteiger partial charge in [-0.2, -0.15) is 0 Å². The maximum atomic E-state index is 11.4. The molecule has 0 spiro atoms. The monoisotopic (exact) mass is 293 g/mol. The molecule has 0 amide bonds. The molecule has 1 aromatic rings. The van der Waals surface area contributed by atoms with Crippen LogP contribution in [0.2, 0.25) is 0 Å². The van der Waals surface area contributed by atoms with Gasteiger partial charge in [0.15, 0.2) is 5.75 Å². The summed E-state index contributed by atoms with van der Waals surface area (Å²) in [6.07, 6.45) is 5.85. The Labute approximate surface area is 123 Å². The second-order valence-electron chi connectivity index (χ2n) is 5.25. The van der Waals surface area contributed by atoms with E-state index in [1.165, 1.54) is 44.6 Å². The van der Waals surface area contributed by atoms with Crippen LogP contribution in [-0.4, -0.2) is 24.6 Å². The molecular weight excluding hydrogens is 274 g/mol. The molecule has 1 fully saturated rings. The minimum absolute atomic E-state index is 0.147. The first kappa shape index (κ1) is 15.3. The number of methoxy groups -OCH3 is 1. The first-order valence-corrected chi connectivity index (χ1v) is 7.11. The zero-order valence-electron chi connectivity index (χ0n) is 12.0. The first-order valence-electron chi connectivity index (χ1n) is 7.11. The molecule has 0 unspecified atom stereocenters. The summed E-state index contributed by atoms with van der Waals surface area (Å²) in [5, 5.41) is 11.1. The second-order valence-corrected chi connectivity index (χ2v) is 5.25. The fourth-order valence-corrected chi connectivity index (χ4v) is 2.59. The molecule has 0 aliphatic heterocycles. The van der Waals surface area contributed by atoms with Crippen LogP contribution < -0.4 is 4.74 Å². The SMILES string of the molecule is COC(=O)c1ccc(OCC2CCCCC2)c([N+](=O)[O-])c1. The lowest BCUT2D eigenvalue weighted by molar-refractivity contribution is -0.385. The van der Waals surface area contributed by atoms with Gasteiger partial charge in [0, 0.05) is 6.07 Å². The lowest BCUT2D eigenvalue weighted by Crippen LogP contribution is -2.15. The number of benzene rings is 1. The summed E-state index contributed by atoms with van der Waals surface area (Å²) < 4.78 is 10.2. The molecule has 114 valence electrons. The van der Waals surface area contributed by atoms with Crippen molar-refractivity contribution >= 4 is 11.7 Å². The first-order chi connectivity index (χ1) is 10.1. The molecule has 2 rings (SSSR count). The molecule has 6 nitrogen and oxygen atoms in total. The van der Waals surface area contributed by atoms with Gasteiger partial charge in [0.25, 0.3) is 0 Å². The molecule has 1 aliphatic carbocycles. The van der Waals surface area contributed by atoms with Gasteiger partial charge in [-0.1, -0.05) is 19.3 Å².